The van der Waals surface area contributed by atoms with Gasteiger partial charge in [0.25, 0.3) is 0 Å². The molecule has 0 aromatic carbocycles. The first-order valence-corrected chi connectivity index (χ1v) is 7.49. The Balaban J connectivity index is 2.41. The van der Waals surface area contributed by atoms with E-state index in [1.54, 1.807) is 0 Å². The quantitative estimate of drug-likeness (QED) is 0.663. The molecule has 1 aliphatic carbocycles. The summed E-state index contributed by atoms with van der Waals surface area (Å²) in [5.74, 6) is 0. The summed E-state index contributed by atoms with van der Waals surface area (Å²) in [7, 11) is 0. The fourth-order valence-corrected chi connectivity index (χ4v) is 3.00. The average molecular weight is 263 g/mol. The van der Waals surface area contributed by atoms with Crippen LogP contribution in [0.1, 0.15) is 72.7 Å². The molecule has 0 saturated carbocycles. The molecule has 1 atom stereocenters. The van der Waals surface area contributed by atoms with Crippen molar-refractivity contribution in [2.45, 2.75) is 79.7 Å². The molecule has 0 bridgehead atoms. The van der Waals surface area contributed by atoms with Gasteiger partial charge in [-0.3, -0.25) is 0 Å². The van der Waals surface area contributed by atoms with Gasteiger partial charge in [0.15, 0.2) is 0 Å². The lowest BCUT2D eigenvalue weighted by Crippen LogP contribution is -2.34. The van der Waals surface area contributed by atoms with Crippen molar-refractivity contribution >= 4 is 0 Å². The van der Waals surface area contributed by atoms with Gasteiger partial charge in [-0.25, -0.2) is 4.68 Å². The molecule has 0 saturated heterocycles. The highest BCUT2D eigenvalue weighted by molar-refractivity contribution is 5.17. The van der Waals surface area contributed by atoms with Gasteiger partial charge in [-0.15, -0.1) is 5.10 Å². The topological polar surface area (TPSA) is 30.7 Å². The van der Waals surface area contributed by atoms with E-state index in [1.165, 1.54) is 24.2 Å². The van der Waals surface area contributed by atoms with Crippen molar-refractivity contribution in [3.63, 3.8) is 0 Å². The molecule has 3 nitrogen and oxygen atoms in total. The van der Waals surface area contributed by atoms with Gasteiger partial charge < -0.3 is 0 Å². The molecule has 1 aliphatic rings. The van der Waals surface area contributed by atoms with Crippen LogP contribution in [0.3, 0.4) is 0 Å². The highest BCUT2D eigenvalue weighted by Gasteiger charge is 2.40. The normalized spacial score (nSPS) is 25.0. The number of hydrogen-bond acceptors (Lipinski definition) is 2. The first kappa shape index (κ1) is 14.5. The summed E-state index contributed by atoms with van der Waals surface area (Å²) in [5.41, 5.74) is 3.24. The Kier molecular flexibility index (Phi) is 3.31. The number of aromatic nitrogens is 3. The zero-order valence-electron chi connectivity index (χ0n) is 13.7. The van der Waals surface area contributed by atoms with Crippen LogP contribution in [0, 0.1) is 10.8 Å². The maximum absolute atomic E-state index is 4.51. The second kappa shape index (κ2) is 4.32. The fourth-order valence-electron chi connectivity index (χ4n) is 3.00. The van der Waals surface area contributed by atoms with E-state index in [9.17, 15) is 0 Å². The summed E-state index contributed by atoms with van der Waals surface area (Å²) in [4.78, 5) is 0. The van der Waals surface area contributed by atoms with Crippen molar-refractivity contribution in [1.29, 1.82) is 0 Å². The maximum Gasteiger partial charge on any atom is 0.0865 e. The Hall–Kier alpha value is -0.860. The number of fused-ring (bicyclic) bond motifs is 1. The zero-order chi connectivity index (χ0) is 14.5. The van der Waals surface area contributed by atoms with Crippen molar-refractivity contribution < 1.29 is 0 Å². The molecule has 1 unspecified atom stereocenters. The van der Waals surface area contributed by atoms with Crippen LogP contribution in [0.5, 0.6) is 0 Å². The molecular weight excluding hydrogens is 234 g/mol. The summed E-state index contributed by atoms with van der Waals surface area (Å²) in [6, 6.07) is 0. The number of hydrogen-bond donors (Lipinski definition) is 0. The fraction of sp³-hybridized carbons (Fsp3) is 0.875. The van der Waals surface area contributed by atoms with Gasteiger partial charge in [0.1, 0.15) is 0 Å². The van der Waals surface area contributed by atoms with E-state index in [4.69, 9.17) is 0 Å². The van der Waals surface area contributed by atoms with Crippen LogP contribution in [-0.4, -0.2) is 15.0 Å². The van der Waals surface area contributed by atoms with E-state index in [0.29, 0.717) is 10.8 Å². The van der Waals surface area contributed by atoms with Crippen LogP contribution in [0.25, 0.3) is 0 Å². The van der Waals surface area contributed by atoms with E-state index < -0.39 is 0 Å². The molecule has 0 amide bonds. The highest BCUT2D eigenvalue weighted by atomic mass is 15.5. The molecule has 1 heterocycles. The van der Waals surface area contributed by atoms with Crippen LogP contribution >= 0.6 is 0 Å². The third kappa shape index (κ3) is 2.56. The predicted octanol–water partition coefficient (Wildman–Crippen LogP) is 3.96. The monoisotopic (exact) mass is 263 g/mol. The Bertz CT molecular complexity index is 459. The smallest absolute Gasteiger partial charge is 0.0865 e. The van der Waals surface area contributed by atoms with Crippen molar-refractivity contribution in [3.05, 3.63) is 11.4 Å². The van der Waals surface area contributed by atoms with Gasteiger partial charge in [0, 0.05) is 0 Å². The number of nitrogens with zero attached hydrogens (tertiary/aromatic N) is 3. The predicted molar refractivity (Wildman–Crippen MR) is 79.2 cm³/mol. The van der Waals surface area contributed by atoms with E-state index in [-0.39, 0.29) is 5.54 Å². The summed E-state index contributed by atoms with van der Waals surface area (Å²) in [6.07, 6.45) is 4.69. The zero-order valence-corrected chi connectivity index (χ0v) is 13.7. The lowest BCUT2D eigenvalue weighted by Gasteiger charge is -2.41. The van der Waals surface area contributed by atoms with Crippen LogP contribution in [0.2, 0.25) is 0 Å². The third-order valence-corrected chi connectivity index (χ3v) is 4.99. The summed E-state index contributed by atoms with van der Waals surface area (Å²) < 4.78 is 2.14. The van der Waals surface area contributed by atoms with Crippen molar-refractivity contribution in [2.75, 3.05) is 0 Å². The minimum Gasteiger partial charge on any atom is -0.244 e. The minimum absolute atomic E-state index is 0.0308. The second-order valence-corrected chi connectivity index (χ2v) is 8.41. The summed E-state index contributed by atoms with van der Waals surface area (Å²) >= 11 is 0. The molecule has 19 heavy (non-hydrogen) atoms. The molecule has 0 N–H and O–H groups in total. The minimum atomic E-state index is 0.0308. The van der Waals surface area contributed by atoms with E-state index >= 15 is 0 Å². The largest absolute Gasteiger partial charge is 0.244 e. The molecule has 0 radical (unpaired) electrons. The third-order valence-electron chi connectivity index (χ3n) is 4.99. The van der Waals surface area contributed by atoms with Crippen LogP contribution in [-0.2, 0) is 18.4 Å². The molecule has 0 spiro atoms. The molecule has 1 aromatic rings. The van der Waals surface area contributed by atoms with Gasteiger partial charge in [-0.2, -0.15) is 0 Å². The Morgan fingerprint density at radius 1 is 1.11 bits per heavy atom. The van der Waals surface area contributed by atoms with Crippen LogP contribution in [0.15, 0.2) is 0 Å². The van der Waals surface area contributed by atoms with E-state index in [2.05, 4.69) is 63.5 Å². The van der Waals surface area contributed by atoms with Crippen LogP contribution < -0.4 is 0 Å². The second-order valence-electron chi connectivity index (χ2n) is 8.41. The van der Waals surface area contributed by atoms with Gasteiger partial charge in [0.05, 0.1) is 16.9 Å². The maximum atomic E-state index is 4.51. The molecule has 2 rings (SSSR count). The standard InChI is InChI=1S/C16H29N3/c1-14(2,3)16(7)10-8-9-13-12(11-16)17-18-19(13)15(4,5)6/h8-11H2,1-7H3. The molecule has 3 heteroatoms. The van der Waals surface area contributed by atoms with Gasteiger partial charge in [-0.1, -0.05) is 32.9 Å². The van der Waals surface area contributed by atoms with Gasteiger partial charge in [-0.05, 0) is 57.3 Å². The first-order chi connectivity index (χ1) is 8.55. The number of rotatable bonds is 0. The van der Waals surface area contributed by atoms with Crippen molar-refractivity contribution in [1.82, 2.24) is 15.0 Å². The molecule has 1 aromatic heterocycles. The van der Waals surface area contributed by atoms with Crippen molar-refractivity contribution in [3.8, 4) is 0 Å². The highest BCUT2D eigenvalue weighted by Crippen LogP contribution is 2.46. The lowest BCUT2D eigenvalue weighted by molar-refractivity contribution is 0.0955. The van der Waals surface area contributed by atoms with E-state index in [0.717, 1.165) is 12.8 Å². The summed E-state index contributed by atoms with van der Waals surface area (Å²) in [6.45, 7) is 16.1. The Morgan fingerprint density at radius 3 is 2.26 bits per heavy atom. The van der Waals surface area contributed by atoms with Gasteiger partial charge >= 0.3 is 0 Å². The molecule has 0 fully saturated rings. The lowest BCUT2D eigenvalue weighted by atomic mass is 9.64. The average Bonchev–Trinajstić information content (AvgIpc) is 2.51. The van der Waals surface area contributed by atoms with Crippen molar-refractivity contribution in [2.24, 2.45) is 10.8 Å². The van der Waals surface area contributed by atoms with Gasteiger partial charge in [0.2, 0.25) is 0 Å². The van der Waals surface area contributed by atoms with E-state index in [1.807, 2.05) is 0 Å². The Morgan fingerprint density at radius 2 is 1.74 bits per heavy atom. The summed E-state index contributed by atoms with van der Waals surface area (Å²) in [5, 5.41) is 8.93. The first-order valence-electron chi connectivity index (χ1n) is 7.49. The molecule has 0 aliphatic heterocycles. The SMILES string of the molecule is CC(C)(C)n1nnc2c1CCCC(C)(C(C)(C)C)C2. The Labute approximate surface area is 117 Å². The molecule has 108 valence electrons. The molecular formula is C16H29N3. The van der Waals surface area contributed by atoms with Crippen LogP contribution in [0.4, 0.5) is 0 Å².